The molecule has 0 spiro atoms. The molecule has 0 radical (unpaired) electrons. The van der Waals surface area contributed by atoms with Crippen molar-refractivity contribution in [3.8, 4) is 0 Å². The minimum Gasteiger partial charge on any atom is -0.389 e. The summed E-state index contributed by atoms with van der Waals surface area (Å²) in [5.41, 5.74) is -0.595. The summed E-state index contributed by atoms with van der Waals surface area (Å²) in [5, 5.41) is 12.7. The predicted molar refractivity (Wildman–Crippen MR) is 61.6 cm³/mol. The Bertz CT molecular complexity index is 132. The van der Waals surface area contributed by atoms with Gasteiger partial charge in [-0.1, -0.05) is 13.8 Å². The maximum Gasteiger partial charge on any atom is 0.0715 e. The van der Waals surface area contributed by atoms with Gasteiger partial charge in [0.05, 0.1) is 5.60 Å². The lowest BCUT2D eigenvalue weighted by Crippen LogP contribution is -2.39. The van der Waals surface area contributed by atoms with Crippen LogP contribution in [0.3, 0.4) is 0 Å². The maximum atomic E-state index is 9.47. The third-order valence-electron chi connectivity index (χ3n) is 2.15. The Morgan fingerprint density at radius 1 is 1.21 bits per heavy atom. The predicted octanol–water partition coefficient (Wildman–Crippen LogP) is 1.08. The summed E-state index contributed by atoms with van der Waals surface area (Å²) in [7, 11) is 0. The van der Waals surface area contributed by atoms with Crippen molar-refractivity contribution < 1.29 is 5.11 Å². The van der Waals surface area contributed by atoms with Gasteiger partial charge in [0.2, 0.25) is 0 Å². The summed E-state index contributed by atoms with van der Waals surface area (Å²) in [6, 6.07) is 0. The SMILES string of the molecule is CCCN(CC)CCNCC(C)(C)O. The average Bonchev–Trinajstić information content (AvgIpc) is 2.08. The summed E-state index contributed by atoms with van der Waals surface area (Å²) in [6.07, 6.45) is 1.21. The van der Waals surface area contributed by atoms with Crippen molar-refractivity contribution in [3.63, 3.8) is 0 Å². The minimum absolute atomic E-state index is 0.595. The molecule has 0 unspecified atom stereocenters. The lowest BCUT2D eigenvalue weighted by Gasteiger charge is -2.22. The molecule has 0 amide bonds. The Balaban J connectivity index is 3.42. The van der Waals surface area contributed by atoms with Crippen LogP contribution in [0.15, 0.2) is 0 Å². The molecule has 0 fully saturated rings. The standard InChI is InChI=1S/C11H26N2O/c1-5-8-13(6-2)9-7-12-10-11(3,4)14/h12,14H,5-10H2,1-4H3. The van der Waals surface area contributed by atoms with E-state index in [1.807, 2.05) is 13.8 Å². The quantitative estimate of drug-likeness (QED) is 0.578. The first-order valence-corrected chi connectivity index (χ1v) is 5.65. The highest BCUT2D eigenvalue weighted by Gasteiger charge is 2.10. The van der Waals surface area contributed by atoms with Crippen molar-refractivity contribution >= 4 is 0 Å². The molecule has 2 N–H and O–H groups in total. The first-order valence-electron chi connectivity index (χ1n) is 5.65. The van der Waals surface area contributed by atoms with E-state index in [-0.39, 0.29) is 0 Å². The molecule has 0 atom stereocenters. The first kappa shape index (κ1) is 13.9. The number of nitrogens with zero attached hydrogens (tertiary/aromatic N) is 1. The van der Waals surface area contributed by atoms with Crippen molar-refractivity contribution in [2.45, 2.75) is 39.7 Å². The second-order valence-corrected chi connectivity index (χ2v) is 4.42. The Hall–Kier alpha value is -0.120. The molecule has 0 rings (SSSR count). The van der Waals surface area contributed by atoms with Gasteiger partial charge in [-0.3, -0.25) is 0 Å². The number of aliphatic hydroxyl groups is 1. The Labute approximate surface area is 88.5 Å². The Kier molecular flexibility index (Phi) is 7.15. The van der Waals surface area contributed by atoms with Gasteiger partial charge in [-0.05, 0) is 33.4 Å². The van der Waals surface area contributed by atoms with Gasteiger partial charge in [-0.15, -0.1) is 0 Å². The van der Waals surface area contributed by atoms with Gasteiger partial charge in [0.25, 0.3) is 0 Å². The van der Waals surface area contributed by atoms with E-state index in [0.717, 1.165) is 19.6 Å². The molecule has 0 saturated carbocycles. The molecule has 3 nitrogen and oxygen atoms in total. The third-order valence-corrected chi connectivity index (χ3v) is 2.15. The maximum absolute atomic E-state index is 9.47. The highest BCUT2D eigenvalue weighted by atomic mass is 16.3. The minimum atomic E-state index is -0.595. The van der Waals surface area contributed by atoms with Gasteiger partial charge in [0, 0.05) is 19.6 Å². The molecular weight excluding hydrogens is 176 g/mol. The van der Waals surface area contributed by atoms with Crippen LogP contribution in [0.2, 0.25) is 0 Å². The molecule has 0 heterocycles. The van der Waals surface area contributed by atoms with E-state index in [0.29, 0.717) is 6.54 Å². The molecule has 0 aromatic heterocycles. The van der Waals surface area contributed by atoms with Crippen LogP contribution in [0.5, 0.6) is 0 Å². The molecule has 0 saturated heterocycles. The highest BCUT2D eigenvalue weighted by molar-refractivity contribution is 4.68. The van der Waals surface area contributed by atoms with E-state index in [1.54, 1.807) is 0 Å². The van der Waals surface area contributed by atoms with Crippen molar-refractivity contribution in [2.75, 3.05) is 32.7 Å². The largest absolute Gasteiger partial charge is 0.389 e. The van der Waals surface area contributed by atoms with Gasteiger partial charge >= 0.3 is 0 Å². The van der Waals surface area contributed by atoms with E-state index in [9.17, 15) is 5.11 Å². The fourth-order valence-electron chi connectivity index (χ4n) is 1.38. The van der Waals surface area contributed by atoms with Crippen LogP contribution < -0.4 is 5.32 Å². The summed E-state index contributed by atoms with van der Waals surface area (Å²) >= 11 is 0. The van der Waals surface area contributed by atoms with Crippen LogP contribution in [0, 0.1) is 0 Å². The number of rotatable bonds is 8. The van der Waals surface area contributed by atoms with Crippen LogP contribution in [0.1, 0.15) is 34.1 Å². The molecule has 86 valence electrons. The smallest absolute Gasteiger partial charge is 0.0715 e. The fraction of sp³-hybridized carbons (Fsp3) is 1.00. The molecule has 0 aliphatic heterocycles. The molecule has 0 aliphatic carbocycles. The van der Waals surface area contributed by atoms with Gasteiger partial charge in [0.15, 0.2) is 0 Å². The van der Waals surface area contributed by atoms with E-state index < -0.39 is 5.60 Å². The Morgan fingerprint density at radius 3 is 2.29 bits per heavy atom. The van der Waals surface area contributed by atoms with Crippen LogP contribution in [0.25, 0.3) is 0 Å². The second kappa shape index (κ2) is 7.21. The molecular formula is C11H26N2O. The van der Waals surface area contributed by atoms with E-state index >= 15 is 0 Å². The number of hydrogen-bond donors (Lipinski definition) is 2. The third kappa shape index (κ3) is 8.48. The number of hydrogen-bond acceptors (Lipinski definition) is 3. The first-order chi connectivity index (χ1) is 6.49. The van der Waals surface area contributed by atoms with Crippen LogP contribution in [0.4, 0.5) is 0 Å². The molecule has 0 aromatic rings. The van der Waals surface area contributed by atoms with Crippen LogP contribution in [-0.4, -0.2) is 48.3 Å². The van der Waals surface area contributed by atoms with E-state index in [1.165, 1.54) is 13.0 Å². The van der Waals surface area contributed by atoms with Crippen molar-refractivity contribution in [3.05, 3.63) is 0 Å². The molecule has 0 bridgehead atoms. The van der Waals surface area contributed by atoms with Gasteiger partial charge in [-0.25, -0.2) is 0 Å². The Morgan fingerprint density at radius 2 is 1.86 bits per heavy atom. The van der Waals surface area contributed by atoms with E-state index in [2.05, 4.69) is 24.1 Å². The zero-order chi connectivity index (χ0) is 11.0. The summed E-state index contributed by atoms with van der Waals surface area (Å²) in [4.78, 5) is 2.41. The lowest BCUT2D eigenvalue weighted by atomic mass is 10.1. The highest BCUT2D eigenvalue weighted by Crippen LogP contribution is 1.96. The number of likely N-dealkylation sites (N-methyl/N-ethyl adjacent to an activating group) is 1. The lowest BCUT2D eigenvalue weighted by molar-refractivity contribution is 0.0791. The van der Waals surface area contributed by atoms with Gasteiger partial charge in [0.1, 0.15) is 0 Å². The van der Waals surface area contributed by atoms with Crippen molar-refractivity contribution in [1.29, 1.82) is 0 Å². The monoisotopic (exact) mass is 202 g/mol. The summed E-state index contributed by atoms with van der Waals surface area (Å²) in [6.45, 7) is 13.0. The van der Waals surface area contributed by atoms with Crippen molar-refractivity contribution in [2.24, 2.45) is 0 Å². The average molecular weight is 202 g/mol. The zero-order valence-corrected chi connectivity index (χ0v) is 10.1. The zero-order valence-electron chi connectivity index (χ0n) is 10.1. The molecule has 0 aromatic carbocycles. The normalized spacial score (nSPS) is 12.4. The molecule has 0 aliphatic rings. The summed E-state index contributed by atoms with van der Waals surface area (Å²) in [5.74, 6) is 0. The van der Waals surface area contributed by atoms with Gasteiger partial charge in [-0.2, -0.15) is 0 Å². The topological polar surface area (TPSA) is 35.5 Å². The molecule has 3 heteroatoms. The number of nitrogens with one attached hydrogen (secondary N) is 1. The summed E-state index contributed by atoms with van der Waals surface area (Å²) < 4.78 is 0. The fourth-order valence-corrected chi connectivity index (χ4v) is 1.38. The van der Waals surface area contributed by atoms with Crippen LogP contribution in [-0.2, 0) is 0 Å². The van der Waals surface area contributed by atoms with Crippen LogP contribution >= 0.6 is 0 Å². The van der Waals surface area contributed by atoms with Gasteiger partial charge < -0.3 is 15.3 Å². The van der Waals surface area contributed by atoms with Crippen molar-refractivity contribution in [1.82, 2.24) is 10.2 Å². The second-order valence-electron chi connectivity index (χ2n) is 4.42. The molecule has 14 heavy (non-hydrogen) atoms. The van der Waals surface area contributed by atoms with E-state index in [4.69, 9.17) is 0 Å².